The molecule has 0 saturated carbocycles. The van der Waals surface area contributed by atoms with Gasteiger partial charge < -0.3 is 9.32 Å². The lowest BCUT2D eigenvalue weighted by Crippen LogP contribution is -2.33. The van der Waals surface area contributed by atoms with E-state index in [-0.39, 0.29) is 11.9 Å². The Bertz CT molecular complexity index is 635. The third-order valence-electron chi connectivity index (χ3n) is 3.97. The second-order valence-electron chi connectivity index (χ2n) is 5.13. The average molecular weight is 334 g/mol. The average Bonchev–Trinajstić information content (AvgIpc) is 2.91. The van der Waals surface area contributed by atoms with E-state index >= 15 is 0 Å². The fourth-order valence-corrected chi connectivity index (χ4v) is 3.32. The summed E-state index contributed by atoms with van der Waals surface area (Å²) in [5, 5.41) is 0. The minimum atomic E-state index is -0.00710. The maximum absolute atomic E-state index is 12.6. The maximum atomic E-state index is 12.6. The van der Waals surface area contributed by atoms with Gasteiger partial charge in [0.25, 0.3) is 5.91 Å². The molecule has 1 aromatic heterocycles. The lowest BCUT2D eigenvalue weighted by molar-refractivity contribution is 0.0713. The molecule has 0 saturated heterocycles. The van der Waals surface area contributed by atoms with Crippen LogP contribution in [0.4, 0.5) is 0 Å². The number of amides is 1. The Balaban J connectivity index is 1.90. The molecule has 1 aliphatic rings. The van der Waals surface area contributed by atoms with E-state index in [2.05, 4.69) is 34.1 Å². The summed E-state index contributed by atoms with van der Waals surface area (Å²) in [4.78, 5) is 14.4. The summed E-state index contributed by atoms with van der Waals surface area (Å²) in [7, 11) is 1.87. The molecule has 0 N–H and O–H groups in total. The topological polar surface area (TPSA) is 33.5 Å². The van der Waals surface area contributed by atoms with E-state index in [0.29, 0.717) is 10.2 Å². The molecule has 0 radical (unpaired) electrons. The fourth-order valence-electron chi connectivity index (χ4n) is 2.91. The van der Waals surface area contributed by atoms with Crippen LogP contribution in [0.15, 0.2) is 45.7 Å². The van der Waals surface area contributed by atoms with E-state index in [9.17, 15) is 4.79 Å². The van der Waals surface area contributed by atoms with Crippen molar-refractivity contribution in [1.82, 2.24) is 4.90 Å². The van der Waals surface area contributed by atoms with Crippen LogP contribution in [-0.4, -0.2) is 17.9 Å². The van der Waals surface area contributed by atoms with Crippen molar-refractivity contribution >= 4 is 21.8 Å². The summed E-state index contributed by atoms with van der Waals surface area (Å²) in [6.07, 6.45) is 4.75. The van der Waals surface area contributed by atoms with Gasteiger partial charge in [0.1, 0.15) is 0 Å². The Morgan fingerprint density at radius 3 is 2.90 bits per heavy atom. The van der Waals surface area contributed by atoms with Gasteiger partial charge in [0, 0.05) is 7.05 Å². The zero-order valence-electron chi connectivity index (χ0n) is 11.3. The lowest BCUT2D eigenvalue weighted by Gasteiger charge is -2.33. The molecule has 0 bridgehead atoms. The Hall–Kier alpha value is -1.55. The van der Waals surface area contributed by atoms with Crippen molar-refractivity contribution < 1.29 is 9.21 Å². The number of furan rings is 1. The van der Waals surface area contributed by atoms with Crippen molar-refractivity contribution in [2.75, 3.05) is 7.05 Å². The number of fused-ring (bicyclic) bond motifs is 1. The Labute approximate surface area is 126 Å². The van der Waals surface area contributed by atoms with Gasteiger partial charge in [0.15, 0.2) is 4.67 Å². The molecule has 0 spiro atoms. The summed E-state index contributed by atoms with van der Waals surface area (Å²) in [5.74, 6) is -0.00710. The van der Waals surface area contributed by atoms with E-state index in [0.717, 1.165) is 19.3 Å². The van der Waals surface area contributed by atoms with Gasteiger partial charge in [-0.1, -0.05) is 24.3 Å². The van der Waals surface area contributed by atoms with Crippen molar-refractivity contribution in [3.63, 3.8) is 0 Å². The number of halogens is 1. The van der Waals surface area contributed by atoms with Crippen LogP contribution in [0, 0.1) is 0 Å². The van der Waals surface area contributed by atoms with Crippen molar-refractivity contribution in [2.24, 2.45) is 0 Å². The number of benzene rings is 1. The van der Waals surface area contributed by atoms with E-state index in [1.807, 2.05) is 18.0 Å². The number of hydrogen-bond donors (Lipinski definition) is 0. The van der Waals surface area contributed by atoms with Crippen molar-refractivity contribution in [3.05, 3.63) is 58.0 Å². The van der Waals surface area contributed by atoms with Crippen LogP contribution in [0.5, 0.6) is 0 Å². The highest BCUT2D eigenvalue weighted by Crippen LogP contribution is 2.34. The minimum absolute atomic E-state index is 0.00710. The van der Waals surface area contributed by atoms with Crippen LogP contribution in [0.25, 0.3) is 0 Å². The van der Waals surface area contributed by atoms with Gasteiger partial charge in [-0.25, -0.2) is 0 Å². The second-order valence-corrected chi connectivity index (χ2v) is 5.85. The number of aryl methyl sites for hydroxylation is 1. The zero-order chi connectivity index (χ0) is 14.1. The third kappa shape index (κ3) is 2.29. The van der Waals surface area contributed by atoms with Crippen molar-refractivity contribution in [3.8, 4) is 0 Å². The van der Waals surface area contributed by atoms with E-state index in [1.165, 1.54) is 17.4 Å². The van der Waals surface area contributed by atoms with E-state index in [4.69, 9.17) is 4.42 Å². The van der Waals surface area contributed by atoms with Gasteiger partial charge in [-0.2, -0.15) is 0 Å². The molecule has 3 nitrogen and oxygen atoms in total. The van der Waals surface area contributed by atoms with E-state index in [1.54, 1.807) is 6.07 Å². The maximum Gasteiger partial charge on any atom is 0.258 e. The predicted octanol–water partition coefficient (Wildman–Crippen LogP) is 4.19. The highest BCUT2D eigenvalue weighted by atomic mass is 79.9. The Morgan fingerprint density at radius 1 is 1.35 bits per heavy atom. The normalized spacial score (nSPS) is 17.6. The van der Waals surface area contributed by atoms with Gasteiger partial charge >= 0.3 is 0 Å². The Kier molecular flexibility index (Phi) is 3.66. The first kappa shape index (κ1) is 13.4. The predicted molar refractivity (Wildman–Crippen MR) is 80.6 cm³/mol. The molecule has 1 aliphatic carbocycles. The fraction of sp³-hybridized carbons (Fsp3) is 0.312. The number of carbonyl (C=O) groups is 1. The number of nitrogens with zero attached hydrogens (tertiary/aromatic N) is 1. The molecule has 20 heavy (non-hydrogen) atoms. The molecule has 0 aliphatic heterocycles. The SMILES string of the molecule is CN(C(=O)c1ccoc1Br)C1CCCc2ccccc21. The van der Waals surface area contributed by atoms with Gasteiger partial charge in [-0.05, 0) is 52.4 Å². The first-order valence-electron chi connectivity index (χ1n) is 6.76. The van der Waals surface area contributed by atoms with Crippen LogP contribution >= 0.6 is 15.9 Å². The van der Waals surface area contributed by atoms with E-state index < -0.39 is 0 Å². The first-order valence-corrected chi connectivity index (χ1v) is 7.55. The van der Waals surface area contributed by atoms with Crippen molar-refractivity contribution in [1.29, 1.82) is 0 Å². The molecular weight excluding hydrogens is 318 g/mol. The summed E-state index contributed by atoms with van der Waals surface area (Å²) >= 11 is 3.28. The highest BCUT2D eigenvalue weighted by Gasteiger charge is 2.28. The minimum Gasteiger partial charge on any atom is -0.457 e. The molecule has 1 heterocycles. The van der Waals surface area contributed by atoms with Gasteiger partial charge in [-0.3, -0.25) is 4.79 Å². The number of hydrogen-bond acceptors (Lipinski definition) is 2. The smallest absolute Gasteiger partial charge is 0.258 e. The van der Waals surface area contributed by atoms with Gasteiger partial charge in [0.05, 0.1) is 17.9 Å². The monoisotopic (exact) mass is 333 g/mol. The number of rotatable bonds is 2. The summed E-state index contributed by atoms with van der Waals surface area (Å²) < 4.78 is 5.66. The molecule has 3 rings (SSSR count). The molecule has 104 valence electrons. The quantitative estimate of drug-likeness (QED) is 0.825. The molecule has 2 aromatic rings. The number of carbonyl (C=O) groups excluding carboxylic acids is 1. The second kappa shape index (κ2) is 5.44. The molecule has 4 heteroatoms. The largest absolute Gasteiger partial charge is 0.457 e. The summed E-state index contributed by atoms with van der Waals surface area (Å²) in [6.45, 7) is 0. The van der Waals surface area contributed by atoms with Crippen LogP contribution in [0.3, 0.4) is 0 Å². The van der Waals surface area contributed by atoms with Gasteiger partial charge in [-0.15, -0.1) is 0 Å². The van der Waals surface area contributed by atoms with Gasteiger partial charge in [0.2, 0.25) is 0 Å². The standard InChI is InChI=1S/C16H16BrNO2/c1-18(16(19)13-9-10-20-15(13)17)14-8-4-6-11-5-2-3-7-12(11)14/h2-3,5,7,9-10,14H,4,6,8H2,1H3. The molecule has 0 fully saturated rings. The molecule has 1 unspecified atom stereocenters. The summed E-state index contributed by atoms with van der Waals surface area (Å²) in [5.41, 5.74) is 3.21. The van der Waals surface area contributed by atoms with Crippen LogP contribution in [0.2, 0.25) is 0 Å². The van der Waals surface area contributed by atoms with Crippen LogP contribution in [-0.2, 0) is 6.42 Å². The highest BCUT2D eigenvalue weighted by molar-refractivity contribution is 9.10. The van der Waals surface area contributed by atoms with Crippen LogP contribution in [0.1, 0.15) is 40.4 Å². The molecule has 1 atom stereocenters. The first-order chi connectivity index (χ1) is 9.68. The Morgan fingerprint density at radius 2 is 2.15 bits per heavy atom. The third-order valence-corrected chi connectivity index (χ3v) is 4.59. The molecule has 1 amide bonds. The summed E-state index contributed by atoms with van der Waals surface area (Å²) in [6, 6.07) is 10.3. The van der Waals surface area contributed by atoms with Crippen molar-refractivity contribution in [2.45, 2.75) is 25.3 Å². The zero-order valence-corrected chi connectivity index (χ0v) is 12.9. The van der Waals surface area contributed by atoms with Crippen LogP contribution < -0.4 is 0 Å². The lowest BCUT2D eigenvalue weighted by atomic mass is 9.87. The molecular formula is C16H16BrNO2. The molecule has 1 aromatic carbocycles.